The molecule has 0 heterocycles. The lowest BCUT2D eigenvalue weighted by Gasteiger charge is -2.16. The SMILES string of the molecule is C=CN(C)C(=C)NCC. The maximum Gasteiger partial charge on any atom is 0.0976 e. The van der Waals surface area contributed by atoms with Gasteiger partial charge in [-0.3, -0.25) is 0 Å². The molecule has 2 heteroatoms. The molecule has 0 aliphatic carbocycles. The van der Waals surface area contributed by atoms with Crippen LogP contribution in [0.25, 0.3) is 0 Å². The van der Waals surface area contributed by atoms with E-state index in [0.717, 1.165) is 12.4 Å². The molecule has 0 unspecified atom stereocenters. The van der Waals surface area contributed by atoms with Crippen molar-refractivity contribution in [3.8, 4) is 0 Å². The summed E-state index contributed by atoms with van der Waals surface area (Å²) < 4.78 is 0. The molecule has 0 amide bonds. The molecule has 0 bridgehead atoms. The fourth-order valence-electron chi connectivity index (χ4n) is 0.439. The van der Waals surface area contributed by atoms with Gasteiger partial charge < -0.3 is 10.2 Å². The van der Waals surface area contributed by atoms with Crippen LogP contribution in [0.4, 0.5) is 0 Å². The zero-order valence-electron chi connectivity index (χ0n) is 6.15. The van der Waals surface area contributed by atoms with E-state index in [9.17, 15) is 0 Å². The topological polar surface area (TPSA) is 15.3 Å². The van der Waals surface area contributed by atoms with Gasteiger partial charge in [0.1, 0.15) is 0 Å². The van der Waals surface area contributed by atoms with E-state index in [1.54, 1.807) is 6.20 Å². The van der Waals surface area contributed by atoms with Gasteiger partial charge in [-0.1, -0.05) is 13.2 Å². The fourth-order valence-corrected chi connectivity index (χ4v) is 0.439. The Morgan fingerprint density at radius 1 is 1.78 bits per heavy atom. The van der Waals surface area contributed by atoms with E-state index < -0.39 is 0 Å². The Bertz CT molecular complexity index is 107. The van der Waals surface area contributed by atoms with Gasteiger partial charge in [-0.15, -0.1) is 0 Å². The van der Waals surface area contributed by atoms with Crippen LogP contribution in [0.2, 0.25) is 0 Å². The van der Waals surface area contributed by atoms with Crippen LogP contribution in [0, 0.1) is 0 Å². The molecular formula is C7H14N2. The minimum absolute atomic E-state index is 0.882. The molecular weight excluding hydrogens is 112 g/mol. The monoisotopic (exact) mass is 126 g/mol. The molecule has 0 saturated carbocycles. The molecule has 0 spiro atoms. The highest BCUT2D eigenvalue weighted by Gasteiger charge is 1.91. The second-order valence-electron chi connectivity index (χ2n) is 1.77. The number of hydrogen-bond acceptors (Lipinski definition) is 2. The van der Waals surface area contributed by atoms with Gasteiger partial charge in [-0.05, 0) is 13.1 Å². The van der Waals surface area contributed by atoms with Gasteiger partial charge in [0.05, 0.1) is 5.82 Å². The van der Waals surface area contributed by atoms with Crippen molar-refractivity contribution < 1.29 is 0 Å². The smallest absolute Gasteiger partial charge is 0.0976 e. The Labute approximate surface area is 56.9 Å². The molecule has 1 N–H and O–H groups in total. The first-order chi connectivity index (χ1) is 4.22. The Morgan fingerprint density at radius 3 is 2.67 bits per heavy atom. The predicted octanol–water partition coefficient (Wildman–Crippen LogP) is 1.14. The van der Waals surface area contributed by atoms with Crippen molar-refractivity contribution in [3.63, 3.8) is 0 Å². The van der Waals surface area contributed by atoms with Gasteiger partial charge in [0.25, 0.3) is 0 Å². The molecule has 52 valence electrons. The molecule has 0 rings (SSSR count). The molecule has 0 radical (unpaired) electrons. The average Bonchev–Trinajstić information content (AvgIpc) is 1.87. The molecule has 0 aromatic heterocycles. The van der Waals surface area contributed by atoms with Crippen molar-refractivity contribution in [1.29, 1.82) is 0 Å². The lowest BCUT2D eigenvalue weighted by molar-refractivity contribution is 0.516. The van der Waals surface area contributed by atoms with Gasteiger partial charge in [-0.2, -0.15) is 0 Å². The Kier molecular flexibility index (Phi) is 3.60. The summed E-state index contributed by atoms with van der Waals surface area (Å²) in [5.74, 6) is 0.882. The zero-order chi connectivity index (χ0) is 7.28. The number of nitrogens with one attached hydrogen (secondary N) is 1. The van der Waals surface area contributed by atoms with Gasteiger partial charge in [0, 0.05) is 13.6 Å². The summed E-state index contributed by atoms with van der Waals surface area (Å²) in [6, 6.07) is 0. The Balaban J connectivity index is 3.58. The highest BCUT2D eigenvalue weighted by atomic mass is 15.2. The molecule has 9 heavy (non-hydrogen) atoms. The van der Waals surface area contributed by atoms with Crippen molar-refractivity contribution in [2.24, 2.45) is 0 Å². The predicted molar refractivity (Wildman–Crippen MR) is 40.8 cm³/mol. The first-order valence-corrected chi connectivity index (χ1v) is 3.00. The molecule has 0 aromatic carbocycles. The average molecular weight is 126 g/mol. The van der Waals surface area contributed by atoms with Crippen molar-refractivity contribution >= 4 is 0 Å². The first kappa shape index (κ1) is 8.08. The Hall–Kier alpha value is -0.920. The molecule has 0 saturated heterocycles. The van der Waals surface area contributed by atoms with Crippen LogP contribution in [0.3, 0.4) is 0 Å². The van der Waals surface area contributed by atoms with Crippen LogP contribution in [0.1, 0.15) is 6.92 Å². The number of hydrogen-bond donors (Lipinski definition) is 1. The second kappa shape index (κ2) is 4.01. The minimum atomic E-state index is 0.882. The highest BCUT2D eigenvalue weighted by Crippen LogP contribution is 1.90. The lowest BCUT2D eigenvalue weighted by atomic mass is 10.6. The number of rotatable bonds is 4. The van der Waals surface area contributed by atoms with Gasteiger partial charge in [0.15, 0.2) is 0 Å². The third kappa shape index (κ3) is 2.80. The summed E-state index contributed by atoms with van der Waals surface area (Å²) in [7, 11) is 1.90. The maximum absolute atomic E-state index is 3.76. The van der Waals surface area contributed by atoms with Crippen LogP contribution >= 0.6 is 0 Å². The van der Waals surface area contributed by atoms with Crippen LogP contribution in [0.15, 0.2) is 25.2 Å². The zero-order valence-corrected chi connectivity index (χ0v) is 6.15. The van der Waals surface area contributed by atoms with E-state index in [1.807, 2.05) is 18.9 Å². The van der Waals surface area contributed by atoms with Crippen molar-refractivity contribution in [3.05, 3.63) is 25.2 Å². The number of nitrogens with zero attached hydrogens (tertiary/aromatic N) is 1. The van der Waals surface area contributed by atoms with E-state index in [1.165, 1.54) is 0 Å². The summed E-state index contributed by atoms with van der Waals surface area (Å²) in [5, 5.41) is 3.06. The highest BCUT2D eigenvalue weighted by molar-refractivity contribution is 4.93. The van der Waals surface area contributed by atoms with Crippen molar-refractivity contribution in [2.75, 3.05) is 13.6 Å². The maximum atomic E-state index is 3.76. The van der Waals surface area contributed by atoms with Crippen LogP contribution < -0.4 is 5.32 Å². The minimum Gasteiger partial charge on any atom is -0.372 e. The molecule has 0 aromatic rings. The van der Waals surface area contributed by atoms with Crippen molar-refractivity contribution in [2.45, 2.75) is 6.92 Å². The molecule has 0 aliphatic rings. The lowest BCUT2D eigenvalue weighted by Crippen LogP contribution is -2.23. The van der Waals surface area contributed by atoms with E-state index in [0.29, 0.717) is 0 Å². The van der Waals surface area contributed by atoms with Crippen molar-refractivity contribution in [1.82, 2.24) is 10.2 Å². The molecule has 0 aliphatic heterocycles. The third-order valence-electron chi connectivity index (χ3n) is 1.08. The summed E-state index contributed by atoms with van der Waals surface area (Å²) in [6.07, 6.45) is 1.71. The van der Waals surface area contributed by atoms with Gasteiger partial charge in [0.2, 0.25) is 0 Å². The van der Waals surface area contributed by atoms with E-state index in [2.05, 4.69) is 18.5 Å². The quantitative estimate of drug-likeness (QED) is 0.607. The molecule has 2 nitrogen and oxygen atoms in total. The van der Waals surface area contributed by atoms with Gasteiger partial charge >= 0.3 is 0 Å². The summed E-state index contributed by atoms with van der Waals surface area (Å²) in [6.45, 7) is 10.3. The van der Waals surface area contributed by atoms with Gasteiger partial charge in [-0.25, -0.2) is 0 Å². The molecule has 0 atom stereocenters. The second-order valence-corrected chi connectivity index (χ2v) is 1.77. The van der Waals surface area contributed by atoms with E-state index in [4.69, 9.17) is 0 Å². The molecule has 0 fully saturated rings. The fraction of sp³-hybridized carbons (Fsp3) is 0.429. The van der Waals surface area contributed by atoms with E-state index >= 15 is 0 Å². The standard InChI is InChI=1S/C7H14N2/c1-5-8-7(3)9(4)6-2/h6,8H,2-3,5H2,1,4H3. The largest absolute Gasteiger partial charge is 0.372 e. The third-order valence-corrected chi connectivity index (χ3v) is 1.08. The summed E-state index contributed by atoms with van der Waals surface area (Å²) in [5.41, 5.74) is 0. The first-order valence-electron chi connectivity index (χ1n) is 3.00. The summed E-state index contributed by atoms with van der Waals surface area (Å²) >= 11 is 0. The van der Waals surface area contributed by atoms with Crippen LogP contribution in [-0.4, -0.2) is 18.5 Å². The Morgan fingerprint density at radius 2 is 2.33 bits per heavy atom. The van der Waals surface area contributed by atoms with Crippen LogP contribution in [0.5, 0.6) is 0 Å². The van der Waals surface area contributed by atoms with Crippen LogP contribution in [-0.2, 0) is 0 Å². The van der Waals surface area contributed by atoms with E-state index in [-0.39, 0.29) is 0 Å². The summed E-state index contributed by atoms with van der Waals surface area (Å²) in [4.78, 5) is 1.84. The normalized spacial score (nSPS) is 8.22.